The zero-order valence-electron chi connectivity index (χ0n) is 10.5. The number of rotatable bonds is 4. The zero-order chi connectivity index (χ0) is 13.2. The highest BCUT2D eigenvalue weighted by atomic mass is 19.4. The number of halogens is 3. The van der Waals surface area contributed by atoms with Gasteiger partial charge >= 0.3 is 6.18 Å². The van der Waals surface area contributed by atoms with Crippen molar-refractivity contribution >= 4 is 5.69 Å². The maximum atomic E-state index is 12.7. The van der Waals surface area contributed by atoms with Crippen LogP contribution in [0.3, 0.4) is 0 Å². The molecule has 0 spiro atoms. The topological polar surface area (TPSA) is 12.0 Å². The lowest BCUT2D eigenvalue weighted by atomic mass is 9.94. The van der Waals surface area contributed by atoms with Crippen molar-refractivity contribution in [3.05, 3.63) is 29.3 Å². The van der Waals surface area contributed by atoms with Crippen LogP contribution in [-0.4, -0.2) is 6.54 Å². The van der Waals surface area contributed by atoms with E-state index in [1.807, 2.05) is 0 Å². The summed E-state index contributed by atoms with van der Waals surface area (Å²) in [5.74, 6) is 0.230. The highest BCUT2D eigenvalue weighted by molar-refractivity contribution is 5.59. The Hall–Kier alpha value is -1.19. The summed E-state index contributed by atoms with van der Waals surface area (Å²) in [6.45, 7) is 2.89. The predicted octanol–water partition coefficient (Wildman–Crippen LogP) is 4.79. The first-order valence-corrected chi connectivity index (χ1v) is 6.47. The molecule has 0 aliphatic carbocycles. The Balaban J connectivity index is 2.15. The van der Waals surface area contributed by atoms with Crippen molar-refractivity contribution in [1.29, 1.82) is 0 Å². The third-order valence-corrected chi connectivity index (χ3v) is 3.51. The van der Waals surface area contributed by atoms with Gasteiger partial charge in [-0.05, 0) is 30.2 Å². The van der Waals surface area contributed by atoms with Crippen molar-refractivity contribution in [2.45, 2.75) is 44.7 Å². The van der Waals surface area contributed by atoms with Gasteiger partial charge in [-0.25, -0.2) is 0 Å². The number of fused-ring (bicyclic) bond motifs is 1. The van der Waals surface area contributed by atoms with Crippen LogP contribution in [0.4, 0.5) is 18.9 Å². The average Bonchev–Trinajstić information content (AvgIpc) is 2.71. The van der Waals surface area contributed by atoms with Gasteiger partial charge in [0, 0.05) is 18.2 Å². The smallest absolute Gasteiger partial charge is 0.384 e. The standard InChI is InChI=1S/C14H18F3N/c1-2-3-4-5-10-9-18-13-7-6-11(8-12(10)13)14(15,16)17/h6-8,10,18H,2-5,9H2,1H3. The molecule has 0 aromatic heterocycles. The first kappa shape index (κ1) is 13.2. The van der Waals surface area contributed by atoms with Crippen LogP contribution in [0.2, 0.25) is 0 Å². The van der Waals surface area contributed by atoms with Crippen molar-refractivity contribution < 1.29 is 13.2 Å². The second-order valence-electron chi connectivity index (χ2n) is 4.87. The number of nitrogens with one attached hydrogen (secondary N) is 1. The summed E-state index contributed by atoms with van der Waals surface area (Å²) in [4.78, 5) is 0. The van der Waals surface area contributed by atoms with Gasteiger partial charge in [0.15, 0.2) is 0 Å². The molecule has 1 heterocycles. The Bertz CT molecular complexity index is 412. The molecule has 1 N–H and O–H groups in total. The van der Waals surface area contributed by atoms with Crippen molar-refractivity contribution in [3.63, 3.8) is 0 Å². The van der Waals surface area contributed by atoms with Crippen molar-refractivity contribution in [2.75, 3.05) is 11.9 Å². The fourth-order valence-corrected chi connectivity index (χ4v) is 2.48. The fraction of sp³-hybridized carbons (Fsp3) is 0.571. The molecule has 0 bridgehead atoms. The summed E-state index contributed by atoms with van der Waals surface area (Å²) in [5.41, 5.74) is 1.16. The van der Waals surface area contributed by atoms with E-state index in [2.05, 4.69) is 12.2 Å². The normalized spacial score (nSPS) is 18.6. The second kappa shape index (κ2) is 5.21. The van der Waals surface area contributed by atoms with Gasteiger partial charge in [-0.1, -0.05) is 26.2 Å². The van der Waals surface area contributed by atoms with Gasteiger partial charge in [-0.3, -0.25) is 0 Å². The summed E-state index contributed by atoms with van der Waals surface area (Å²) < 4.78 is 38.0. The van der Waals surface area contributed by atoms with Crippen LogP contribution in [0.25, 0.3) is 0 Å². The number of unbranched alkanes of at least 4 members (excludes halogenated alkanes) is 2. The van der Waals surface area contributed by atoms with Gasteiger partial charge < -0.3 is 5.32 Å². The third kappa shape index (κ3) is 2.79. The SMILES string of the molecule is CCCCCC1CNc2ccc(C(F)(F)F)cc21. The molecular weight excluding hydrogens is 239 g/mol. The molecule has 1 unspecified atom stereocenters. The Kier molecular flexibility index (Phi) is 3.83. The number of alkyl halides is 3. The zero-order valence-corrected chi connectivity index (χ0v) is 10.5. The molecule has 1 aliphatic heterocycles. The lowest BCUT2D eigenvalue weighted by molar-refractivity contribution is -0.137. The molecule has 1 atom stereocenters. The highest BCUT2D eigenvalue weighted by Crippen LogP contribution is 2.39. The van der Waals surface area contributed by atoms with Crippen LogP contribution in [0.1, 0.15) is 49.7 Å². The van der Waals surface area contributed by atoms with E-state index in [-0.39, 0.29) is 5.92 Å². The molecule has 1 nitrogen and oxygen atoms in total. The average molecular weight is 257 g/mol. The van der Waals surface area contributed by atoms with Crippen LogP contribution in [0.5, 0.6) is 0 Å². The molecule has 0 radical (unpaired) electrons. The minimum atomic E-state index is -4.24. The summed E-state index contributed by atoms with van der Waals surface area (Å²) in [6, 6.07) is 4.02. The van der Waals surface area contributed by atoms with Crippen LogP contribution in [0.15, 0.2) is 18.2 Å². The van der Waals surface area contributed by atoms with Crippen LogP contribution < -0.4 is 5.32 Å². The number of anilines is 1. The molecule has 4 heteroatoms. The maximum absolute atomic E-state index is 12.7. The van der Waals surface area contributed by atoms with Crippen molar-refractivity contribution in [3.8, 4) is 0 Å². The van der Waals surface area contributed by atoms with E-state index in [0.29, 0.717) is 0 Å². The van der Waals surface area contributed by atoms with Gasteiger partial charge in [0.2, 0.25) is 0 Å². The molecule has 100 valence electrons. The molecule has 0 saturated heterocycles. The van der Waals surface area contributed by atoms with E-state index in [1.54, 1.807) is 6.07 Å². The Morgan fingerprint density at radius 3 is 2.72 bits per heavy atom. The highest BCUT2D eigenvalue weighted by Gasteiger charge is 2.33. The van der Waals surface area contributed by atoms with Crippen LogP contribution in [-0.2, 0) is 6.18 Å². The minimum absolute atomic E-state index is 0.230. The van der Waals surface area contributed by atoms with E-state index in [4.69, 9.17) is 0 Å². The van der Waals surface area contributed by atoms with Gasteiger partial charge in [0.25, 0.3) is 0 Å². The Morgan fingerprint density at radius 2 is 2.06 bits per heavy atom. The van der Waals surface area contributed by atoms with Gasteiger partial charge in [0.1, 0.15) is 0 Å². The Labute approximate surface area is 105 Å². The quantitative estimate of drug-likeness (QED) is 0.764. The van der Waals surface area contributed by atoms with Crippen LogP contribution >= 0.6 is 0 Å². The molecule has 1 aromatic carbocycles. The summed E-state index contributed by atoms with van der Waals surface area (Å²) in [7, 11) is 0. The van der Waals surface area contributed by atoms with Gasteiger partial charge in [0.05, 0.1) is 5.56 Å². The van der Waals surface area contributed by atoms with Gasteiger partial charge in [-0.2, -0.15) is 13.2 Å². The second-order valence-corrected chi connectivity index (χ2v) is 4.87. The lowest BCUT2D eigenvalue weighted by Gasteiger charge is -2.12. The van der Waals surface area contributed by atoms with Crippen LogP contribution in [0, 0.1) is 0 Å². The molecule has 18 heavy (non-hydrogen) atoms. The molecule has 2 rings (SSSR count). The number of benzene rings is 1. The molecule has 0 amide bonds. The molecular formula is C14H18F3N. The van der Waals surface area contributed by atoms with E-state index in [0.717, 1.165) is 49.5 Å². The Morgan fingerprint density at radius 1 is 1.28 bits per heavy atom. The number of hydrogen-bond donors (Lipinski definition) is 1. The first-order valence-electron chi connectivity index (χ1n) is 6.47. The molecule has 1 aromatic rings. The summed E-state index contributed by atoms with van der Waals surface area (Å²) >= 11 is 0. The predicted molar refractivity (Wildman–Crippen MR) is 66.8 cm³/mol. The van der Waals surface area contributed by atoms with E-state index < -0.39 is 11.7 Å². The lowest BCUT2D eigenvalue weighted by Crippen LogP contribution is -2.06. The third-order valence-electron chi connectivity index (χ3n) is 3.51. The van der Waals surface area contributed by atoms with E-state index in [1.165, 1.54) is 6.07 Å². The van der Waals surface area contributed by atoms with E-state index in [9.17, 15) is 13.2 Å². The van der Waals surface area contributed by atoms with Crippen molar-refractivity contribution in [2.24, 2.45) is 0 Å². The van der Waals surface area contributed by atoms with E-state index >= 15 is 0 Å². The summed E-state index contributed by atoms with van der Waals surface area (Å²) in [5, 5.41) is 3.19. The fourth-order valence-electron chi connectivity index (χ4n) is 2.48. The first-order chi connectivity index (χ1) is 8.52. The van der Waals surface area contributed by atoms with Gasteiger partial charge in [-0.15, -0.1) is 0 Å². The van der Waals surface area contributed by atoms with Crippen molar-refractivity contribution in [1.82, 2.24) is 0 Å². The summed E-state index contributed by atoms with van der Waals surface area (Å²) in [6.07, 6.45) is 0.0830. The maximum Gasteiger partial charge on any atom is 0.416 e. The molecule has 1 aliphatic rings. The molecule has 0 saturated carbocycles. The minimum Gasteiger partial charge on any atom is -0.384 e. The molecule has 0 fully saturated rings. The largest absolute Gasteiger partial charge is 0.416 e. The monoisotopic (exact) mass is 257 g/mol. The number of hydrogen-bond acceptors (Lipinski definition) is 1.